The molecule has 7 nitrogen and oxygen atoms in total. The Kier molecular flexibility index (Phi) is 4.82. The first-order chi connectivity index (χ1) is 13.2. The molecule has 0 unspecified atom stereocenters. The molecule has 7 heteroatoms. The third kappa shape index (κ3) is 3.67. The quantitative estimate of drug-likeness (QED) is 0.692. The zero-order chi connectivity index (χ0) is 18.6. The van der Waals surface area contributed by atoms with Gasteiger partial charge in [-0.3, -0.25) is 4.79 Å². The van der Waals surface area contributed by atoms with Crippen LogP contribution in [-0.4, -0.2) is 45.6 Å². The van der Waals surface area contributed by atoms with Crippen LogP contribution in [0.3, 0.4) is 0 Å². The fraction of sp³-hybridized carbons (Fsp3) is 0.300. The summed E-state index contributed by atoms with van der Waals surface area (Å²) in [6.45, 7) is 3.67. The van der Waals surface area contributed by atoms with Crippen LogP contribution in [0.1, 0.15) is 35.4 Å². The maximum Gasteiger partial charge on any atom is 0.257 e. The van der Waals surface area contributed by atoms with Gasteiger partial charge in [-0.1, -0.05) is 23.4 Å². The average molecular weight is 364 g/mol. The van der Waals surface area contributed by atoms with Crippen LogP contribution in [0.4, 0.5) is 0 Å². The smallest absolute Gasteiger partial charge is 0.257 e. The fourth-order valence-corrected chi connectivity index (χ4v) is 3.18. The minimum atomic E-state index is -0.0418. The van der Waals surface area contributed by atoms with Crippen LogP contribution in [0.15, 0.2) is 53.2 Å². The molecule has 1 aliphatic heterocycles. The zero-order valence-corrected chi connectivity index (χ0v) is 15.0. The summed E-state index contributed by atoms with van der Waals surface area (Å²) in [5.41, 5.74) is 1.44. The summed E-state index contributed by atoms with van der Waals surface area (Å²) >= 11 is 0. The van der Waals surface area contributed by atoms with Crippen molar-refractivity contribution in [3.05, 3.63) is 60.0 Å². The Bertz CT molecular complexity index is 908. The molecular formula is C20H20N4O3. The maximum absolute atomic E-state index is 12.7. The topological polar surface area (TPSA) is 81.4 Å². The van der Waals surface area contributed by atoms with Crippen molar-refractivity contribution in [2.75, 3.05) is 19.7 Å². The molecule has 1 atom stereocenters. The van der Waals surface area contributed by atoms with E-state index in [1.165, 1.54) is 0 Å². The first-order valence-electron chi connectivity index (χ1n) is 9.01. The molecule has 0 aliphatic carbocycles. The van der Waals surface area contributed by atoms with Crippen LogP contribution in [0.5, 0.6) is 5.88 Å². The molecule has 3 aromatic rings. The van der Waals surface area contributed by atoms with Crippen molar-refractivity contribution in [3.8, 4) is 17.3 Å². The van der Waals surface area contributed by atoms with Crippen LogP contribution in [0, 0.1) is 0 Å². The van der Waals surface area contributed by atoms with Crippen LogP contribution in [-0.2, 0) is 0 Å². The summed E-state index contributed by atoms with van der Waals surface area (Å²) in [5.74, 6) is 1.71. The predicted molar refractivity (Wildman–Crippen MR) is 98.4 cm³/mol. The Balaban J connectivity index is 1.42. The van der Waals surface area contributed by atoms with Crippen molar-refractivity contribution in [1.82, 2.24) is 20.0 Å². The molecule has 0 bridgehead atoms. The minimum Gasteiger partial charge on any atom is -0.478 e. The van der Waals surface area contributed by atoms with Crippen LogP contribution >= 0.6 is 0 Å². The number of ether oxygens (including phenoxy) is 1. The number of aromatic nitrogens is 3. The summed E-state index contributed by atoms with van der Waals surface area (Å²) in [5, 5.41) is 4.12. The van der Waals surface area contributed by atoms with Gasteiger partial charge in [-0.2, -0.15) is 4.98 Å². The van der Waals surface area contributed by atoms with Gasteiger partial charge < -0.3 is 14.2 Å². The molecule has 1 aliphatic rings. The number of carbonyl (C=O) groups is 1. The van der Waals surface area contributed by atoms with Crippen LogP contribution < -0.4 is 4.74 Å². The number of nitrogens with zero attached hydrogens (tertiary/aromatic N) is 4. The predicted octanol–water partition coefficient (Wildman–Crippen LogP) is 3.16. The van der Waals surface area contributed by atoms with Gasteiger partial charge in [-0.15, -0.1) is 0 Å². The van der Waals surface area contributed by atoms with E-state index in [-0.39, 0.29) is 11.8 Å². The number of likely N-dealkylation sites (tertiary alicyclic amines) is 1. The molecule has 4 rings (SSSR count). The Labute approximate surface area is 157 Å². The van der Waals surface area contributed by atoms with Gasteiger partial charge in [0.2, 0.25) is 5.88 Å². The maximum atomic E-state index is 12.7. The van der Waals surface area contributed by atoms with E-state index >= 15 is 0 Å². The molecule has 0 N–H and O–H groups in total. The molecule has 1 amide bonds. The average Bonchev–Trinajstić information content (AvgIpc) is 3.39. The molecule has 0 spiro atoms. The van der Waals surface area contributed by atoms with E-state index in [1.54, 1.807) is 23.2 Å². The second-order valence-electron chi connectivity index (χ2n) is 6.38. The number of pyridine rings is 1. The van der Waals surface area contributed by atoms with E-state index in [2.05, 4.69) is 15.1 Å². The van der Waals surface area contributed by atoms with Gasteiger partial charge in [-0.05, 0) is 31.5 Å². The number of carbonyl (C=O) groups excluding carboxylic acids is 1. The van der Waals surface area contributed by atoms with Crippen molar-refractivity contribution in [1.29, 1.82) is 0 Å². The Morgan fingerprint density at radius 3 is 2.85 bits per heavy atom. The summed E-state index contributed by atoms with van der Waals surface area (Å²) in [6.07, 6.45) is 2.37. The minimum absolute atomic E-state index is 0.0418. The van der Waals surface area contributed by atoms with Gasteiger partial charge in [-0.25, -0.2) is 4.98 Å². The number of rotatable bonds is 5. The monoisotopic (exact) mass is 364 g/mol. The molecule has 1 saturated heterocycles. The summed E-state index contributed by atoms with van der Waals surface area (Å²) in [4.78, 5) is 23.2. The largest absolute Gasteiger partial charge is 0.478 e. The van der Waals surface area contributed by atoms with Gasteiger partial charge in [0.1, 0.15) is 0 Å². The van der Waals surface area contributed by atoms with Gasteiger partial charge in [0.25, 0.3) is 11.8 Å². The molecule has 1 aromatic carbocycles. The third-order valence-electron chi connectivity index (χ3n) is 4.58. The normalized spacial score (nSPS) is 16.5. The molecule has 0 saturated carbocycles. The van der Waals surface area contributed by atoms with E-state index in [1.807, 2.05) is 37.3 Å². The molecule has 0 radical (unpaired) electrons. The molecular weight excluding hydrogens is 344 g/mol. The molecule has 1 fully saturated rings. The standard InChI is InChI=1S/C20H20N4O3/c1-2-26-17-9-8-15(12-21-17)20(25)24-11-10-16(13-24)18-22-19(27-23-18)14-6-4-3-5-7-14/h3-9,12,16H,2,10-11,13H2,1H3/t16-/m0/s1. The number of benzene rings is 1. The molecule has 2 aromatic heterocycles. The second-order valence-corrected chi connectivity index (χ2v) is 6.38. The van der Waals surface area contributed by atoms with E-state index in [9.17, 15) is 4.79 Å². The number of hydrogen-bond donors (Lipinski definition) is 0. The lowest BCUT2D eigenvalue weighted by atomic mass is 10.1. The van der Waals surface area contributed by atoms with E-state index in [0.717, 1.165) is 12.0 Å². The summed E-state index contributed by atoms with van der Waals surface area (Å²) in [7, 11) is 0. The van der Waals surface area contributed by atoms with E-state index in [0.29, 0.717) is 42.9 Å². The lowest BCUT2D eigenvalue weighted by Crippen LogP contribution is -2.28. The number of amides is 1. The highest BCUT2D eigenvalue weighted by Gasteiger charge is 2.31. The van der Waals surface area contributed by atoms with Crippen LogP contribution in [0.25, 0.3) is 11.5 Å². The number of hydrogen-bond acceptors (Lipinski definition) is 6. The summed E-state index contributed by atoms with van der Waals surface area (Å²) in [6, 6.07) is 13.1. The second kappa shape index (κ2) is 7.57. The molecule has 27 heavy (non-hydrogen) atoms. The lowest BCUT2D eigenvalue weighted by Gasteiger charge is -2.15. The van der Waals surface area contributed by atoms with E-state index in [4.69, 9.17) is 9.26 Å². The molecule has 3 heterocycles. The Hall–Kier alpha value is -3.22. The highest BCUT2D eigenvalue weighted by molar-refractivity contribution is 5.94. The van der Waals surface area contributed by atoms with Crippen LogP contribution in [0.2, 0.25) is 0 Å². The van der Waals surface area contributed by atoms with Gasteiger partial charge in [0.05, 0.1) is 12.2 Å². The van der Waals surface area contributed by atoms with Crippen molar-refractivity contribution >= 4 is 5.91 Å². The van der Waals surface area contributed by atoms with Gasteiger partial charge in [0, 0.05) is 36.8 Å². The fourth-order valence-electron chi connectivity index (χ4n) is 3.18. The van der Waals surface area contributed by atoms with Crippen molar-refractivity contribution in [2.45, 2.75) is 19.3 Å². The van der Waals surface area contributed by atoms with Gasteiger partial charge >= 0.3 is 0 Å². The Morgan fingerprint density at radius 2 is 2.11 bits per heavy atom. The van der Waals surface area contributed by atoms with Crippen molar-refractivity contribution in [2.24, 2.45) is 0 Å². The van der Waals surface area contributed by atoms with E-state index < -0.39 is 0 Å². The highest BCUT2D eigenvalue weighted by atomic mass is 16.5. The summed E-state index contributed by atoms with van der Waals surface area (Å²) < 4.78 is 10.7. The van der Waals surface area contributed by atoms with Gasteiger partial charge in [0.15, 0.2) is 5.82 Å². The first kappa shape index (κ1) is 17.2. The SMILES string of the molecule is CCOc1ccc(C(=O)N2CC[C@H](c3noc(-c4ccccc4)n3)C2)cn1. The highest BCUT2D eigenvalue weighted by Crippen LogP contribution is 2.28. The zero-order valence-electron chi connectivity index (χ0n) is 15.0. The third-order valence-corrected chi connectivity index (χ3v) is 4.58. The van der Waals surface area contributed by atoms with Crippen molar-refractivity contribution in [3.63, 3.8) is 0 Å². The Morgan fingerprint density at radius 1 is 1.26 bits per heavy atom. The van der Waals surface area contributed by atoms with Crippen molar-refractivity contribution < 1.29 is 14.1 Å². The first-order valence-corrected chi connectivity index (χ1v) is 9.01. The lowest BCUT2D eigenvalue weighted by molar-refractivity contribution is 0.0790. The molecule has 138 valence electrons.